The summed E-state index contributed by atoms with van der Waals surface area (Å²) < 4.78 is 12.9. The molecule has 1 aromatic rings. The molecule has 1 saturated heterocycles. The Balaban J connectivity index is 1.86. The van der Waals surface area contributed by atoms with Gasteiger partial charge < -0.3 is 14.6 Å². The summed E-state index contributed by atoms with van der Waals surface area (Å²) in [6, 6.07) is 1.50. The first kappa shape index (κ1) is 10.6. The first-order valence-corrected chi connectivity index (χ1v) is 5.76. The van der Waals surface area contributed by atoms with Gasteiger partial charge in [0.2, 0.25) is 5.88 Å². The SMILES string of the molecule is O=C(O)c1cc2n(n1)CCC1(CCOCC1)O2. The molecule has 1 aromatic heterocycles. The molecule has 2 aliphatic rings. The number of aryl methyl sites for hydroxylation is 1. The first-order valence-electron chi connectivity index (χ1n) is 5.76. The number of ether oxygens (including phenoxy) is 2. The predicted octanol–water partition coefficient (Wildman–Crippen LogP) is 0.913. The maximum Gasteiger partial charge on any atom is 0.356 e. The molecule has 6 nitrogen and oxygen atoms in total. The van der Waals surface area contributed by atoms with E-state index in [0.717, 1.165) is 19.3 Å². The summed E-state index contributed by atoms with van der Waals surface area (Å²) in [6.45, 7) is 2.13. The normalized spacial score (nSPS) is 21.9. The molecule has 0 radical (unpaired) electrons. The van der Waals surface area contributed by atoms with Gasteiger partial charge in [-0.1, -0.05) is 0 Å². The molecule has 0 atom stereocenters. The minimum atomic E-state index is -1.02. The largest absolute Gasteiger partial charge is 0.476 e. The highest BCUT2D eigenvalue weighted by atomic mass is 16.5. The van der Waals surface area contributed by atoms with Gasteiger partial charge in [0, 0.05) is 31.9 Å². The van der Waals surface area contributed by atoms with Crippen molar-refractivity contribution >= 4 is 5.97 Å². The van der Waals surface area contributed by atoms with Crippen molar-refractivity contribution in [3.63, 3.8) is 0 Å². The van der Waals surface area contributed by atoms with Gasteiger partial charge in [-0.2, -0.15) is 5.10 Å². The molecule has 0 amide bonds. The van der Waals surface area contributed by atoms with E-state index in [1.807, 2.05) is 0 Å². The molecule has 0 aromatic carbocycles. The van der Waals surface area contributed by atoms with Crippen LogP contribution in [0, 0.1) is 0 Å². The van der Waals surface area contributed by atoms with Crippen LogP contribution >= 0.6 is 0 Å². The number of carboxylic acid groups (broad SMARTS) is 1. The molecule has 1 fully saturated rings. The third-order valence-electron chi connectivity index (χ3n) is 3.47. The molecule has 92 valence electrons. The molecule has 3 heterocycles. The van der Waals surface area contributed by atoms with Crippen molar-refractivity contribution in [3.05, 3.63) is 11.8 Å². The zero-order valence-electron chi connectivity index (χ0n) is 9.39. The maximum absolute atomic E-state index is 10.8. The van der Waals surface area contributed by atoms with Crippen molar-refractivity contribution in [2.45, 2.75) is 31.4 Å². The van der Waals surface area contributed by atoms with Crippen LogP contribution in [0.15, 0.2) is 6.07 Å². The van der Waals surface area contributed by atoms with Crippen molar-refractivity contribution in [3.8, 4) is 5.88 Å². The van der Waals surface area contributed by atoms with Gasteiger partial charge >= 0.3 is 5.97 Å². The fourth-order valence-electron chi connectivity index (χ4n) is 2.42. The minimum absolute atomic E-state index is 0.0455. The fourth-order valence-corrected chi connectivity index (χ4v) is 2.42. The molecule has 1 N–H and O–H groups in total. The van der Waals surface area contributed by atoms with E-state index < -0.39 is 5.97 Å². The zero-order valence-corrected chi connectivity index (χ0v) is 9.39. The molecular weight excluding hydrogens is 224 g/mol. The standard InChI is InChI=1S/C11H14N2O4/c14-10(15)8-7-9-13(12-8)4-1-11(17-9)2-5-16-6-3-11/h7H,1-6H2,(H,14,15). The third-order valence-corrected chi connectivity index (χ3v) is 3.47. The van der Waals surface area contributed by atoms with Gasteiger partial charge in [-0.05, 0) is 0 Å². The molecule has 0 aliphatic carbocycles. The first-order chi connectivity index (χ1) is 8.19. The summed E-state index contributed by atoms with van der Waals surface area (Å²) in [5, 5.41) is 12.9. The number of carbonyl (C=O) groups is 1. The van der Waals surface area contributed by atoms with Gasteiger partial charge in [-0.15, -0.1) is 0 Å². The molecule has 6 heteroatoms. The van der Waals surface area contributed by atoms with Gasteiger partial charge in [-0.25, -0.2) is 9.48 Å². The molecule has 1 spiro atoms. The second-order valence-corrected chi connectivity index (χ2v) is 4.54. The van der Waals surface area contributed by atoms with Crippen LogP contribution in [0.3, 0.4) is 0 Å². The lowest BCUT2D eigenvalue weighted by atomic mass is 9.89. The highest BCUT2D eigenvalue weighted by Crippen LogP contribution is 2.35. The van der Waals surface area contributed by atoms with E-state index in [9.17, 15) is 4.79 Å². The quantitative estimate of drug-likeness (QED) is 0.787. The van der Waals surface area contributed by atoms with Crippen LogP contribution in [0.1, 0.15) is 29.8 Å². The van der Waals surface area contributed by atoms with Crippen LogP contribution in [-0.4, -0.2) is 39.7 Å². The van der Waals surface area contributed by atoms with Gasteiger partial charge in [0.15, 0.2) is 5.69 Å². The van der Waals surface area contributed by atoms with E-state index in [-0.39, 0.29) is 11.3 Å². The number of aromatic nitrogens is 2. The van der Waals surface area contributed by atoms with Crippen LogP contribution in [0.4, 0.5) is 0 Å². The van der Waals surface area contributed by atoms with Crippen LogP contribution in [0.5, 0.6) is 5.88 Å². The average molecular weight is 238 g/mol. The van der Waals surface area contributed by atoms with E-state index in [2.05, 4.69) is 5.10 Å². The Bertz CT molecular complexity index is 448. The van der Waals surface area contributed by atoms with Crippen molar-refractivity contribution in [2.24, 2.45) is 0 Å². The van der Waals surface area contributed by atoms with Gasteiger partial charge in [0.25, 0.3) is 0 Å². The number of fused-ring (bicyclic) bond motifs is 1. The van der Waals surface area contributed by atoms with Crippen LogP contribution in [-0.2, 0) is 11.3 Å². The van der Waals surface area contributed by atoms with Crippen LogP contribution < -0.4 is 4.74 Å². The van der Waals surface area contributed by atoms with Crippen molar-refractivity contribution in [1.29, 1.82) is 0 Å². The van der Waals surface area contributed by atoms with Crippen molar-refractivity contribution in [1.82, 2.24) is 9.78 Å². The third kappa shape index (κ3) is 1.78. The Labute approximate surface area is 98.1 Å². The van der Waals surface area contributed by atoms with E-state index in [0.29, 0.717) is 25.6 Å². The molecule has 0 saturated carbocycles. The zero-order chi connectivity index (χ0) is 11.9. The van der Waals surface area contributed by atoms with E-state index in [1.165, 1.54) is 6.07 Å². The number of hydrogen-bond acceptors (Lipinski definition) is 4. The summed E-state index contributed by atoms with van der Waals surface area (Å²) in [5.74, 6) is -0.452. The Kier molecular flexibility index (Phi) is 2.32. The lowest BCUT2D eigenvalue weighted by Gasteiger charge is -2.40. The summed E-state index contributed by atoms with van der Waals surface area (Å²) in [6.07, 6.45) is 2.59. The highest BCUT2D eigenvalue weighted by Gasteiger charge is 2.39. The summed E-state index contributed by atoms with van der Waals surface area (Å²) in [5.41, 5.74) is -0.131. The smallest absolute Gasteiger partial charge is 0.356 e. The maximum atomic E-state index is 10.8. The van der Waals surface area contributed by atoms with E-state index in [1.54, 1.807) is 4.68 Å². The monoisotopic (exact) mass is 238 g/mol. The number of nitrogens with zero attached hydrogens (tertiary/aromatic N) is 2. The minimum Gasteiger partial charge on any atom is -0.476 e. The molecule has 0 unspecified atom stereocenters. The van der Waals surface area contributed by atoms with Gasteiger partial charge in [-0.3, -0.25) is 0 Å². The molecule has 3 rings (SSSR count). The van der Waals surface area contributed by atoms with E-state index in [4.69, 9.17) is 14.6 Å². The van der Waals surface area contributed by atoms with E-state index >= 15 is 0 Å². The van der Waals surface area contributed by atoms with Crippen molar-refractivity contribution < 1.29 is 19.4 Å². The number of carboxylic acids is 1. The molecule has 2 aliphatic heterocycles. The molecule has 17 heavy (non-hydrogen) atoms. The Hall–Kier alpha value is -1.56. The lowest BCUT2D eigenvalue weighted by Crippen LogP contribution is -2.45. The second-order valence-electron chi connectivity index (χ2n) is 4.54. The second kappa shape index (κ2) is 3.73. The topological polar surface area (TPSA) is 73.6 Å². The van der Waals surface area contributed by atoms with Crippen molar-refractivity contribution in [2.75, 3.05) is 13.2 Å². The summed E-state index contributed by atoms with van der Waals surface area (Å²) >= 11 is 0. The summed E-state index contributed by atoms with van der Waals surface area (Å²) in [7, 11) is 0. The number of rotatable bonds is 1. The lowest BCUT2D eigenvalue weighted by molar-refractivity contribution is -0.0698. The molecular formula is C11H14N2O4. The summed E-state index contributed by atoms with van der Waals surface area (Å²) in [4.78, 5) is 10.8. The Morgan fingerprint density at radius 2 is 2.18 bits per heavy atom. The predicted molar refractivity (Wildman–Crippen MR) is 57.2 cm³/mol. The fraction of sp³-hybridized carbons (Fsp3) is 0.636. The van der Waals surface area contributed by atoms with Gasteiger partial charge in [0.1, 0.15) is 5.60 Å². The highest BCUT2D eigenvalue weighted by molar-refractivity contribution is 5.85. The average Bonchev–Trinajstić information content (AvgIpc) is 2.73. The Morgan fingerprint density at radius 1 is 1.41 bits per heavy atom. The Morgan fingerprint density at radius 3 is 2.88 bits per heavy atom. The van der Waals surface area contributed by atoms with Crippen LogP contribution in [0.25, 0.3) is 0 Å². The number of hydrogen-bond donors (Lipinski definition) is 1. The number of aromatic carboxylic acids is 1. The molecule has 0 bridgehead atoms. The van der Waals surface area contributed by atoms with Gasteiger partial charge in [0.05, 0.1) is 13.2 Å². The van der Waals surface area contributed by atoms with Crippen LogP contribution in [0.2, 0.25) is 0 Å².